The number of amides is 1. The van der Waals surface area contributed by atoms with E-state index in [2.05, 4.69) is 34.8 Å². The van der Waals surface area contributed by atoms with Crippen LogP contribution in [0.25, 0.3) is 0 Å². The Morgan fingerprint density at radius 1 is 1.37 bits per heavy atom. The van der Waals surface area contributed by atoms with Gasteiger partial charge in [-0.2, -0.15) is 0 Å². The van der Waals surface area contributed by atoms with Gasteiger partial charge in [-0.15, -0.1) is 12.4 Å². The van der Waals surface area contributed by atoms with Crippen LogP contribution in [0, 0.1) is 10.5 Å². The lowest BCUT2D eigenvalue weighted by Gasteiger charge is -2.32. The van der Waals surface area contributed by atoms with Gasteiger partial charge >= 0.3 is 0 Å². The standard InChI is InChI=1S/C14H19IN2O.ClH/c1-10-3-4-11(9-13(10)15)14(18)17-7-5-12(16-2)6-8-17;/h3-4,9,12,16H,5-8H2,1-2H3;1H. The summed E-state index contributed by atoms with van der Waals surface area (Å²) in [6.45, 7) is 3.78. The van der Waals surface area contributed by atoms with Gasteiger partial charge in [0.15, 0.2) is 0 Å². The lowest BCUT2D eigenvalue weighted by molar-refractivity contribution is 0.0707. The maximum atomic E-state index is 12.4. The summed E-state index contributed by atoms with van der Waals surface area (Å²) in [5, 5.41) is 3.28. The Bertz CT molecular complexity index is 445. The first kappa shape index (κ1) is 16.7. The molecule has 5 heteroatoms. The van der Waals surface area contributed by atoms with Crippen LogP contribution in [-0.4, -0.2) is 37.0 Å². The highest BCUT2D eigenvalue weighted by atomic mass is 127. The van der Waals surface area contributed by atoms with Crippen molar-refractivity contribution in [3.8, 4) is 0 Å². The number of rotatable bonds is 2. The Morgan fingerprint density at radius 2 is 2.00 bits per heavy atom. The van der Waals surface area contributed by atoms with E-state index in [0.29, 0.717) is 6.04 Å². The molecule has 0 radical (unpaired) electrons. The number of benzene rings is 1. The van der Waals surface area contributed by atoms with Crippen molar-refractivity contribution in [2.24, 2.45) is 0 Å². The molecule has 1 aliphatic heterocycles. The van der Waals surface area contributed by atoms with Crippen molar-refractivity contribution in [3.05, 3.63) is 32.9 Å². The molecule has 0 aromatic heterocycles. The van der Waals surface area contributed by atoms with Crippen molar-refractivity contribution < 1.29 is 4.79 Å². The van der Waals surface area contributed by atoms with Crippen molar-refractivity contribution in [2.45, 2.75) is 25.8 Å². The number of hydrogen-bond acceptors (Lipinski definition) is 2. The van der Waals surface area contributed by atoms with Crippen LogP contribution in [0.5, 0.6) is 0 Å². The smallest absolute Gasteiger partial charge is 0.253 e. The van der Waals surface area contributed by atoms with E-state index in [0.717, 1.165) is 35.1 Å². The maximum Gasteiger partial charge on any atom is 0.253 e. The third-order valence-electron chi connectivity index (χ3n) is 3.61. The molecule has 0 aliphatic carbocycles. The largest absolute Gasteiger partial charge is 0.339 e. The van der Waals surface area contributed by atoms with Crippen LogP contribution >= 0.6 is 35.0 Å². The third-order valence-corrected chi connectivity index (χ3v) is 4.77. The van der Waals surface area contributed by atoms with E-state index in [9.17, 15) is 4.79 Å². The summed E-state index contributed by atoms with van der Waals surface area (Å²) in [7, 11) is 1.99. The summed E-state index contributed by atoms with van der Waals surface area (Å²) < 4.78 is 1.16. The minimum atomic E-state index is 0. The molecule has 1 saturated heterocycles. The van der Waals surface area contributed by atoms with Crippen molar-refractivity contribution >= 4 is 40.9 Å². The van der Waals surface area contributed by atoms with Crippen LogP contribution in [-0.2, 0) is 0 Å². The second kappa shape index (κ2) is 7.45. The fourth-order valence-electron chi connectivity index (χ4n) is 2.28. The third kappa shape index (κ3) is 4.07. The summed E-state index contributed by atoms with van der Waals surface area (Å²) in [5.41, 5.74) is 2.04. The number of carbonyl (C=O) groups is 1. The minimum absolute atomic E-state index is 0. The number of carbonyl (C=O) groups excluding carboxylic acids is 1. The van der Waals surface area contributed by atoms with Gasteiger partial charge in [-0.1, -0.05) is 6.07 Å². The zero-order valence-corrected chi connectivity index (χ0v) is 14.3. The quantitative estimate of drug-likeness (QED) is 0.782. The topological polar surface area (TPSA) is 32.3 Å². The highest BCUT2D eigenvalue weighted by Gasteiger charge is 2.22. The van der Waals surface area contributed by atoms with Crippen LogP contribution < -0.4 is 5.32 Å². The molecular formula is C14H20ClIN2O. The highest BCUT2D eigenvalue weighted by Crippen LogP contribution is 2.17. The second-order valence-corrected chi connectivity index (χ2v) is 5.98. The Kier molecular flexibility index (Phi) is 6.56. The zero-order chi connectivity index (χ0) is 13.1. The molecule has 0 spiro atoms. The fraction of sp³-hybridized carbons (Fsp3) is 0.500. The maximum absolute atomic E-state index is 12.4. The second-order valence-electron chi connectivity index (χ2n) is 4.82. The average Bonchev–Trinajstić information content (AvgIpc) is 2.41. The molecule has 1 N–H and O–H groups in total. The Morgan fingerprint density at radius 3 is 2.53 bits per heavy atom. The van der Waals surface area contributed by atoms with Gasteiger partial charge in [-0.25, -0.2) is 0 Å². The van der Waals surface area contributed by atoms with Crippen LogP contribution in [0.15, 0.2) is 18.2 Å². The van der Waals surface area contributed by atoms with Crippen LogP contribution in [0.3, 0.4) is 0 Å². The summed E-state index contributed by atoms with van der Waals surface area (Å²) >= 11 is 2.28. The minimum Gasteiger partial charge on any atom is -0.339 e. The average molecular weight is 395 g/mol. The van der Waals surface area contributed by atoms with E-state index < -0.39 is 0 Å². The van der Waals surface area contributed by atoms with E-state index in [1.54, 1.807) is 0 Å². The van der Waals surface area contributed by atoms with Gasteiger partial charge in [-0.3, -0.25) is 4.79 Å². The van der Waals surface area contributed by atoms with Crippen molar-refractivity contribution in [2.75, 3.05) is 20.1 Å². The summed E-state index contributed by atoms with van der Waals surface area (Å²) in [6.07, 6.45) is 2.09. The molecule has 0 bridgehead atoms. The number of aryl methyl sites for hydroxylation is 1. The van der Waals surface area contributed by atoms with Gasteiger partial charge in [0.1, 0.15) is 0 Å². The van der Waals surface area contributed by atoms with Gasteiger partial charge in [-0.05, 0) is 67.1 Å². The molecule has 1 amide bonds. The van der Waals surface area contributed by atoms with Crippen molar-refractivity contribution in [1.82, 2.24) is 10.2 Å². The summed E-state index contributed by atoms with van der Waals surface area (Å²) in [5.74, 6) is 0.169. The number of nitrogens with zero attached hydrogens (tertiary/aromatic N) is 1. The van der Waals surface area contributed by atoms with Crippen molar-refractivity contribution in [1.29, 1.82) is 0 Å². The molecule has 0 unspecified atom stereocenters. The van der Waals surface area contributed by atoms with Crippen LogP contribution in [0.2, 0.25) is 0 Å². The first-order valence-electron chi connectivity index (χ1n) is 6.34. The molecule has 0 atom stereocenters. The summed E-state index contributed by atoms with van der Waals surface area (Å²) in [6, 6.07) is 6.51. The zero-order valence-electron chi connectivity index (χ0n) is 11.3. The normalized spacial score (nSPS) is 16.1. The van der Waals surface area contributed by atoms with E-state index in [-0.39, 0.29) is 18.3 Å². The molecular weight excluding hydrogens is 375 g/mol. The first-order valence-corrected chi connectivity index (χ1v) is 7.42. The van der Waals surface area contributed by atoms with Gasteiger partial charge in [0.05, 0.1) is 0 Å². The van der Waals surface area contributed by atoms with Crippen LogP contribution in [0.4, 0.5) is 0 Å². The predicted molar refractivity (Wildman–Crippen MR) is 89.1 cm³/mol. The fourth-order valence-corrected chi connectivity index (χ4v) is 2.80. The summed E-state index contributed by atoms with van der Waals surface area (Å²) in [4.78, 5) is 14.3. The Hall–Kier alpha value is -0.330. The van der Waals surface area contributed by atoms with Gasteiger partial charge in [0.25, 0.3) is 5.91 Å². The highest BCUT2D eigenvalue weighted by molar-refractivity contribution is 14.1. The van der Waals surface area contributed by atoms with Gasteiger partial charge in [0.2, 0.25) is 0 Å². The monoisotopic (exact) mass is 394 g/mol. The number of likely N-dealkylation sites (tertiary alicyclic amines) is 1. The lowest BCUT2D eigenvalue weighted by atomic mass is 10.0. The molecule has 0 saturated carbocycles. The molecule has 1 aromatic carbocycles. The Balaban J connectivity index is 0.00000180. The molecule has 3 nitrogen and oxygen atoms in total. The van der Waals surface area contributed by atoms with Crippen LogP contribution in [0.1, 0.15) is 28.8 Å². The molecule has 2 rings (SSSR count). The van der Waals surface area contributed by atoms with Crippen molar-refractivity contribution in [3.63, 3.8) is 0 Å². The van der Waals surface area contributed by atoms with E-state index in [1.165, 1.54) is 5.56 Å². The number of nitrogens with one attached hydrogen (secondary N) is 1. The number of hydrogen-bond donors (Lipinski definition) is 1. The van der Waals surface area contributed by atoms with E-state index in [4.69, 9.17) is 0 Å². The molecule has 19 heavy (non-hydrogen) atoms. The molecule has 1 heterocycles. The molecule has 1 aromatic rings. The van der Waals surface area contributed by atoms with Gasteiger partial charge < -0.3 is 10.2 Å². The van der Waals surface area contributed by atoms with E-state index >= 15 is 0 Å². The molecule has 1 fully saturated rings. The van der Waals surface area contributed by atoms with E-state index in [1.807, 2.05) is 30.1 Å². The first-order chi connectivity index (χ1) is 8.61. The predicted octanol–water partition coefficient (Wildman–Crippen LogP) is 2.85. The number of halogens is 2. The SMILES string of the molecule is CNC1CCN(C(=O)c2ccc(C)c(I)c2)CC1.Cl. The molecule has 106 valence electrons. The van der Waals surface area contributed by atoms with Gasteiger partial charge in [0, 0.05) is 28.3 Å². The number of piperidine rings is 1. The Labute approximate surface area is 134 Å². The lowest BCUT2D eigenvalue weighted by Crippen LogP contribution is -2.43. The molecule has 1 aliphatic rings.